The van der Waals surface area contributed by atoms with Crippen LogP contribution in [0.4, 0.5) is 0 Å². The summed E-state index contributed by atoms with van der Waals surface area (Å²) in [5.74, 6) is 1.02. The highest BCUT2D eigenvalue weighted by atomic mass is 32.2. The van der Waals surface area contributed by atoms with Gasteiger partial charge in [-0.05, 0) is 30.7 Å². The molecular weight excluding hydrogens is 380 g/mol. The van der Waals surface area contributed by atoms with Gasteiger partial charge in [0.1, 0.15) is 0 Å². The molecular formula is C23H34N4OS. The van der Waals surface area contributed by atoms with E-state index in [1.54, 1.807) is 19.0 Å². The summed E-state index contributed by atoms with van der Waals surface area (Å²) < 4.78 is 2.30. The highest BCUT2D eigenvalue weighted by Crippen LogP contribution is 2.37. The van der Waals surface area contributed by atoms with Crippen molar-refractivity contribution in [2.45, 2.75) is 81.7 Å². The van der Waals surface area contributed by atoms with Crippen molar-refractivity contribution in [2.75, 3.05) is 14.1 Å². The molecule has 3 rings (SSSR count). The average molecular weight is 415 g/mol. The van der Waals surface area contributed by atoms with Crippen LogP contribution in [0.2, 0.25) is 0 Å². The molecule has 1 aliphatic rings. The van der Waals surface area contributed by atoms with Gasteiger partial charge in [0.25, 0.3) is 0 Å². The summed E-state index contributed by atoms with van der Waals surface area (Å²) >= 11 is 1.52. The molecule has 2 aromatic rings. The molecule has 0 N–H and O–H groups in total. The smallest absolute Gasteiger partial charge is 0.235 e. The molecule has 1 aromatic carbocycles. The summed E-state index contributed by atoms with van der Waals surface area (Å²) in [5.41, 5.74) is 2.53. The lowest BCUT2D eigenvalue weighted by Crippen LogP contribution is -2.30. The monoisotopic (exact) mass is 414 g/mol. The predicted octanol–water partition coefficient (Wildman–Crippen LogP) is 5.32. The number of carbonyl (C=O) groups is 1. The first-order chi connectivity index (χ1) is 13.7. The quantitative estimate of drug-likeness (QED) is 0.622. The molecule has 5 nitrogen and oxygen atoms in total. The molecule has 0 radical (unpaired) electrons. The molecule has 1 amide bonds. The summed E-state index contributed by atoms with van der Waals surface area (Å²) in [6, 6.07) is 9.11. The Hall–Kier alpha value is -1.82. The fourth-order valence-corrected chi connectivity index (χ4v) is 4.98. The number of thioether (sulfide) groups is 1. The van der Waals surface area contributed by atoms with E-state index in [4.69, 9.17) is 0 Å². The van der Waals surface area contributed by atoms with E-state index in [1.165, 1.54) is 36.6 Å². The molecule has 1 atom stereocenters. The first-order valence-electron chi connectivity index (χ1n) is 10.6. The zero-order chi connectivity index (χ0) is 21.2. The van der Waals surface area contributed by atoms with Crippen LogP contribution in [0.3, 0.4) is 0 Å². The van der Waals surface area contributed by atoms with Gasteiger partial charge in [-0.2, -0.15) is 0 Å². The number of hydrogen-bond acceptors (Lipinski definition) is 4. The highest BCUT2D eigenvalue weighted by Gasteiger charge is 2.27. The Kier molecular flexibility index (Phi) is 6.72. The molecule has 0 spiro atoms. The molecule has 1 aromatic heterocycles. The summed E-state index contributed by atoms with van der Waals surface area (Å²) in [5, 5.41) is 9.77. The number of benzene rings is 1. The van der Waals surface area contributed by atoms with Gasteiger partial charge in [0, 0.05) is 25.7 Å². The first-order valence-corrected chi connectivity index (χ1v) is 11.5. The minimum Gasteiger partial charge on any atom is -0.348 e. The van der Waals surface area contributed by atoms with Gasteiger partial charge in [-0.25, -0.2) is 0 Å². The second kappa shape index (κ2) is 8.90. The lowest BCUT2D eigenvalue weighted by Gasteiger charge is -2.26. The third-order valence-electron chi connectivity index (χ3n) is 5.68. The van der Waals surface area contributed by atoms with Crippen LogP contribution >= 0.6 is 11.8 Å². The lowest BCUT2D eigenvalue weighted by atomic mass is 9.86. The van der Waals surface area contributed by atoms with Crippen LogP contribution in [-0.4, -0.2) is 44.9 Å². The Morgan fingerprint density at radius 1 is 1.10 bits per heavy atom. The van der Waals surface area contributed by atoms with Crippen molar-refractivity contribution in [3.63, 3.8) is 0 Å². The lowest BCUT2D eigenvalue weighted by molar-refractivity contribution is -0.127. The van der Waals surface area contributed by atoms with Gasteiger partial charge in [-0.3, -0.25) is 9.36 Å². The van der Waals surface area contributed by atoms with Crippen LogP contribution < -0.4 is 0 Å². The molecule has 1 fully saturated rings. The third-order valence-corrected chi connectivity index (χ3v) is 6.73. The first kappa shape index (κ1) is 21.9. The number of carbonyl (C=O) groups excluding carboxylic acids is 1. The van der Waals surface area contributed by atoms with E-state index in [0.717, 1.165) is 29.4 Å². The molecule has 1 aliphatic carbocycles. The minimum atomic E-state index is -0.187. The van der Waals surface area contributed by atoms with Crippen molar-refractivity contribution in [3.05, 3.63) is 29.8 Å². The van der Waals surface area contributed by atoms with E-state index < -0.39 is 0 Å². The largest absolute Gasteiger partial charge is 0.348 e. The molecule has 1 heterocycles. The SMILES string of the molecule is CC(Sc1nnc(-c2ccc(C(C)(C)C)cc2)n1C1CCCCC1)C(=O)N(C)C. The van der Waals surface area contributed by atoms with Gasteiger partial charge >= 0.3 is 0 Å². The van der Waals surface area contributed by atoms with Crippen molar-refractivity contribution >= 4 is 17.7 Å². The van der Waals surface area contributed by atoms with Gasteiger partial charge in [0.05, 0.1) is 5.25 Å². The molecule has 1 saturated carbocycles. The summed E-state index contributed by atoms with van der Waals surface area (Å²) in [6.07, 6.45) is 6.07. The molecule has 29 heavy (non-hydrogen) atoms. The summed E-state index contributed by atoms with van der Waals surface area (Å²) in [7, 11) is 3.60. The zero-order valence-electron chi connectivity index (χ0n) is 18.6. The van der Waals surface area contributed by atoms with Crippen molar-refractivity contribution in [2.24, 2.45) is 0 Å². The number of hydrogen-bond donors (Lipinski definition) is 0. The van der Waals surface area contributed by atoms with Crippen molar-refractivity contribution in [1.82, 2.24) is 19.7 Å². The second-order valence-electron chi connectivity index (χ2n) is 9.29. The van der Waals surface area contributed by atoms with Crippen molar-refractivity contribution in [3.8, 4) is 11.4 Å². The van der Waals surface area contributed by atoms with E-state index in [2.05, 4.69) is 59.8 Å². The van der Waals surface area contributed by atoms with Gasteiger partial charge < -0.3 is 4.90 Å². The van der Waals surface area contributed by atoms with Crippen LogP contribution in [0.15, 0.2) is 29.4 Å². The second-order valence-corrected chi connectivity index (χ2v) is 10.6. The third kappa shape index (κ3) is 5.03. The van der Waals surface area contributed by atoms with Gasteiger partial charge in [-0.1, -0.05) is 76.1 Å². The van der Waals surface area contributed by atoms with Crippen LogP contribution in [-0.2, 0) is 10.2 Å². The number of nitrogens with zero attached hydrogens (tertiary/aromatic N) is 4. The number of rotatable bonds is 5. The zero-order valence-corrected chi connectivity index (χ0v) is 19.4. The number of aromatic nitrogens is 3. The average Bonchev–Trinajstić information content (AvgIpc) is 3.10. The maximum Gasteiger partial charge on any atom is 0.235 e. The van der Waals surface area contributed by atoms with Crippen LogP contribution in [0.1, 0.15) is 71.4 Å². The van der Waals surface area contributed by atoms with E-state index in [9.17, 15) is 4.79 Å². The van der Waals surface area contributed by atoms with Crippen LogP contribution in [0.5, 0.6) is 0 Å². The minimum absolute atomic E-state index is 0.101. The maximum absolute atomic E-state index is 12.4. The summed E-state index contributed by atoms with van der Waals surface area (Å²) in [4.78, 5) is 14.0. The molecule has 1 unspecified atom stereocenters. The highest BCUT2D eigenvalue weighted by molar-refractivity contribution is 8.00. The topological polar surface area (TPSA) is 51.0 Å². The number of amides is 1. The van der Waals surface area contributed by atoms with Gasteiger partial charge in [-0.15, -0.1) is 10.2 Å². The maximum atomic E-state index is 12.4. The van der Waals surface area contributed by atoms with Crippen LogP contribution in [0.25, 0.3) is 11.4 Å². The normalized spacial score (nSPS) is 16.6. The Bertz CT molecular complexity index is 830. The van der Waals surface area contributed by atoms with E-state index >= 15 is 0 Å². The molecule has 0 aliphatic heterocycles. The Morgan fingerprint density at radius 2 is 1.72 bits per heavy atom. The van der Waals surface area contributed by atoms with Crippen molar-refractivity contribution < 1.29 is 4.79 Å². The summed E-state index contributed by atoms with van der Waals surface area (Å²) in [6.45, 7) is 8.63. The Labute approximate surface area is 179 Å². The van der Waals surface area contributed by atoms with E-state index in [0.29, 0.717) is 6.04 Å². The fraction of sp³-hybridized carbons (Fsp3) is 0.609. The molecule has 6 heteroatoms. The van der Waals surface area contributed by atoms with Crippen LogP contribution in [0, 0.1) is 0 Å². The predicted molar refractivity (Wildman–Crippen MR) is 120 cm³/mol. The van der Waals surface area contributed by atoms with E-state index in [-0.39, 0.29) is 16.6 Å². The van der Waals surface area contributed by atoms with Gasteiger partial charge in [0.15, 0.2) is 11.0 Å². The Morgan fingerprint density at radius 3 is 2.28 bits per heavy atom. The Balaban J connectivity index is 1.96. The van der Waals surface area contributed by atoms with Gasteiger partial charge in [0.2, 0.25) is 5.91 Å². The van der Waals surface area contributed by atoms with Crippen molar-refractivity contribution in [1.29, 1.82) is 0 Å². The molecule has 0 bridgehead atoms. The molecule has 0 saturated heterocycles. The fourth-order valence-electron chi connectivity index (χ4n) is 3.91. The standard InChI is InChI=1S/C23H34N4OS/c1-16(21(28)26(5)6)29-22-25-24-20(27(22)19-10-8-7-9-11-19)17-12-14-18(15-13-17)23(2,3)4/h12-16,19H,7-11H2,1-6H3. The molecule has 158 valence electrons. The van der Waals surface area contributed by atoms with E-state index in [1.807, 2.05) is 6.92 Å².